The molecule has 0 aliphatic heterocycles. The van der Waals surface area contributed by atoms with E-state index in [0.717, 1.165) is 16.0 Å². The van der Waals surface area contributed by atoms with Crippen molar-refractivity contribution in [2.24, 2.45) is 0 Å². The fourth-order valence-corrected chi connectivity index (χ4v) is 3.97. The second-order valence-electron chi connectivity index (χ2n) is 6.64. The smallest absolute Gasteiger partial charge is 0.338 e. The van der Waals surface area contributed by atoms with Gasteiger partial charge >= 0.3 is 5.97 Å². The molecule has 0 aliphatic rings. The Morgan fingerprint density at radius 1 is 1.08 bits per heavy atom. The third kappa shape index (κ3) is 5.67. The van der Waals surface area contributed by atoms with Crippen molar-refractivity contribution >= 4 is 16.8 Å². The summed E-state index contributed by atoms with van der Waals surface area (Å²) in [6.45, 7) is 7.83. The summed E-state index contributed by atoms with van der Waals surface area (Å²) in [5.41, 5.74) is 2.77. The van der Waals surface area contributed by atoms with E-state index in [1.54, 1.807) is 24.3 Å². The molecule has 2 aromatic carbocycles. The Morgan fingerprint density at radius 3 is 2.27 bits per heavy atom. The molecule has 0 fully saturated rings. The van der Waals surface area contributed by atoms with Crippen molar-refractivity contribution in [3.05, 3.63) is 77.4 Å². The van der Waals surface area contributed by atoms with Gasteiger partial charge in [0, 0.05) is 4.90 Å². The fourth-order valence-electron chi connectivity index (χ4n) is 2.54. The molecule has 3 atom stereocenters. The Balaban J connectivity index is 2.19. The van der Waals surface area contributed by atoms with Crippen molar-refractivity contribution in [2.45, 2.75) is 50.4 Å². The molecule has 2 aromatic rings. The van der Waals surface area contributed by atoms with Crippen LogP contribution in [0.15, 0.2) is 71.1 Å². The van der Waals surface area contributed by atoms with E-state index in [-0.39, 0.29) is 11.2 Å². The average molecular weight is 371 g/mol. The van der Waals surface area contributed by atoms with Gasteiger partial charge in [-0.2, -0.15) is 0 Å². The van der Waals surface area contributed by atoms with Crippen LogP contribution >= 0.6 is 0 Å². The predicted molar refractivity (Wildman–Crippen MR) is 107 cm³/mol. The van der Waals surface area contributed by atoms with Gasteiger partial charge in [-0.25, -0.2) is 4.79 Å². The minimum absolute atomic E-state index is 0.305. The van der Waals surface area contributed by atoms with Crippen molar-refractivity contribution in [1.29, 1.82) is 0 Å². The van der Waals surface area contributed by atoms with Crippen molar-refractivity contribution in [2.75, 3.05) is 0 Å². The Kier molecular flexibility index (Phi) is 7.34. The number of allylic oxidation sites excluding steroid dienone is 2. The summed E-state index contributed by atoms with van der Waals surface area (Å²) in [7, 11) is -1.27. The third-order valence-electron chi connectivity index (χ3n) is 4.11. The van der Waals surface area contributed by atoms with E-state index >= 15 is 0 Å². The molecule has 0 amide bonds. The molecule has 0 unspecified atom stereocenters. The molecule has 3 nitrogen and oxygen atoms in total. The highest BCUT2D eigenvalue weighted by Gasteiger charge is 2.27. The molecular formula is C22H26O3S. The first-order valence-electron chi connectivity index (χ1n) is 8.75. The molecule has 0 saturated heterocycles. The van der Waals surface area contributed by atoms with E-state index in [4.69, 9.17) is 4.74 Å². The van der Waals surface area contributed by atoms with Crippen LogP contribution in [0.5, 0.6) is 0 Å². The maximum absolute atomic E-state index is 13.1. The number of esters is 1. The maximum Gasteiger partial charge on any atom is 0.338 e. The zero-order valence-corrected chi connectivity index (χ0v) is 16.6. The molecule has 0 bridgehead atoms. The quantitative estimate of drug-likeness (QED) is 0.505. The molecule has 0 spiro atoms. The number of carbonyl (C=O) groups excluding carboxylic acids is 1. The minimum atomic E-state index is -1.27. The normalized spacial score (nSPS) is 14.2. The summed E-state index contributed by atoms with van der Waals surface area (Å²) in [6.07, 6.45) is 2.16. The van der Waals surface area contributed by atoms with E-state index in [1.807, 2.05) is 64.1 Å². The summed E-state index contributed by atoms with van der Waals surface area (Å²) >= 11 is 0. The van der Waals surface area contributed by atoms with Crippen LogP contribution < -0.4 is 0 Å². The molecule has 4 heteroatoms. The molecule has 2 rings (SSSR count). The van der Waals surface area contributed by atoms with Crippen molar-refractivity contribution in [1.82, 2.24) is 0 Å². The lowest BCUT2D eigenvalue weighted by atomic mass is 10.1. The molecule has 138 valence electrons. The van der Waals surface area contributed by atoms with E-state index < -0.39 is 16.9 Å². The molecule has 26 heavy (non-hydrogen) atoms. The van der Waals surface area contributed by atoms with Crippen molar-refractivity contribution < 1.29 is 13.7 Å². The van der Waals surface area contributed by atoms with Gasteiger partial charge < -0.3 is 4.74 Å². The SMILES string of the molecule is CC(C)=CC[C@@H]([C@@H](C)OC(=O)c1ccccc1)[S@@](=O)c1ccc(C)cc1. The number of hydrogen-bond acceptors (Lipinski definition) is 3. The van der Waals surface area contributed by atoms with Crippen LogP contribution in [0.25, 0.3) is 0 Å². The summed E-state index contributed by atoms with van der Waals surface area (Å²) < 4.78 is 18.8. The maximum atomic E-state index is 13.1. The topological polar surface area (TPSA) is 43.4 Å². The van der Waals surface area contributed by atoms with Gasteiger partial charge in [0.2, 0.25) is 0 Å². The summed E-state index contributed by atoms with van der Waals surface area (Å²) in [5, 5.41) is -0.305. The largest absolute Gasteiger partial charge is 0.458 e. The van der Waals surface area contributed by atoms with Crippen LogP contribution in [0.1, 0.15) is 43.1 Å². The minimum Gasteiger partial charge on any atom is -0.458 e. The van der Waals surface area contributed by atoms with Gasteiger partial charge in [-0.1, -0.05) is 47.5 Å². The first-order chi connectivity index (χ1) is 12.4. The monoisotopic (exact) mass is 370 g/mol. The van der Waals surface area contributed by atoms with Gasteiger partial charge in [0.05, 0.1) is 21.6 Å². The zero-order valence-electron chi connectivity index (χ0n) is 15.8. The van der Waals surface area contributed by atoms with E-state index in [1.165, 1.54) is 0 Å². The molecule has 0 radical (unpaired) electrons. The predicted octanol–water partition coefficient (Wildman–Crippen LogP) is 5.07. The molecule has 0 N–H and O–H groups in total. The van der Waals surface area contributed by atoms with Gasteiger partial charge in [0.25, 0.3) is 0 Å². The van der Waals surface area contributed by atoms with Crippen molar-refractivity contribution in [3.8, 4) is 0 Å². The van der Waals surface area contributed by atoms with E-state index in [9.17, 15) is 9.00 Å². The fraction of sp³-hybridized carbons (Fsp3) is 0.318. The van der Waals surface area contributed by atoms with Crippen LogP contribution in [0, 0.1) is 6.92 Å². The van der Waals surface area contributed by atoms with E-state index in [2.05, 4.69) is 0 Å². The number of hydrogen-bond donors (Lipinski definition) is 0. The Labute approximate surface area is 158 Å². The second kappa shape index (κ2) is 9.48. The second-order valence-corrected chi connectivity index (χ2v) is 8.31. The average Bonchev–Trinajstić information content (AvgIpc) is 2.62. The number of carbonyl (C=O) groups is 1. The summed E-state index contributed by atoms with van der Waals surface area (Å²) in [5.74, 6) is -0.388. The van der Waals surface area contributed by atoms with Crippen molar-refractivity contribution in [3.63, 3.8) is 0 Å². The highest BCUT2D eigenvalue weighted by atomic mass is 32.2. The molecule has 0 aliphatic carbocycles. The Bertz CT molecular complexity index is 775. The van der Waals surface area contributed by atoms with Gasteiger partial charge in [0.1, 0.15) is 6.10 Å². The molecule has 0 aromatic heterocycles. The van der Waals surface area contributed by atoms with Crippen LogP contribution in [0.4, 0.5) is 0 Å². The van der Waals surface area contributed by atoms with Crippen LogP contribution in [0.3, 0.4) is 0 Å². The molecular weight excluding hydrogens is 344 g/mol. The number of benzene rings is 2. The first-order valence-corrected chi connectivity index (χ1v) is 9.96. The molecule has 0 saturated carbocycles. The summed E-state index contributed by atoms with van der Waals surface area (Å²) in [6, 6.07) is 16.5. The van der Waals surface area contributed by atoms with Crippen LogP contribution in [0.2, 0.25) is 0 Å². The number of ether oxygens (including phenoxy) is 1. The number of aryl methyl sites for hydroxylation is 1. The standard InChI is InChI=1S/C22H26O3S/c1-16(2)10-15-21(26(24)20-13-11-17(3)12-14-20)18(4)25-22(23)19-8-6-5-7-9-19/h5-14,18,21H,15H2,1-4H3/t18-,21+,26+/m1/s1. The summed E-state index contributed by atoms with van der Waals surface area (Å²) in [4.78, 5) is 13.1. The molecule has 0 heterocycles. The lowest BCUT2D eigenvalue weighted by Crippen LogP contribution is -2.32. The highest BCUT2D eigenvalue weighted by molar-refractivity contribution is 7.85. The highest BCUT2D eigenvalue weighted by Crippen LogP contribution is 2.21. The van der Waals surface area contributed by atoms with Gasteiger partial charge in [-0.15, -0.1) is 0 Å². The van der Waals surface area contributed by atoms with Crippen LogP contribution in [-0.4, -0.2) is 21.5 Å². The third-order valence-corrected chi connectivity index (χ3v) is 5.98. The lowest BCUT2D eigenvalue weighted by molar-refractivity contribution is 0.0336. The first kappa shape index (κ1) is 20.1. The Hall–Kier alpha value is -2.20. The van der Waals surface area contributed by atoms with Gasteiger partial charge in [0.15, 0.2) is 0 Å². The van der Waals surface area contributed by atoms with Gasteiger partial charge in [-0.3, -0.25) is 4.21 Å². The van der Waals surface area contributed by atoms with Crippen LogP contribution in [-0.2, 0) is 15.5 Å². The van der Waals surface area contributed by atoms with E-state index in [0.29, 0.717) is 12.0 Å². The lowest BCUT2D eigenvalue weighted by Gasteiger charge is -2.23. The Morgan fingerprint density at radius 2 is 1.69 bits per heavy atom. The zero-order chi connectivity index (χ0) is 19.1. The number of rotatable bonds is 7. The van der Waals surface area contributed by atoms with Gasteiger partial charge in [-0.05, 0) is 58.4 Å².